The van der Waals surface area contributed by atoms with Crippen molar-refractivity contribution in [1.29, 1.82) is 0 Å². The maximum Gasteiger partial charge on any atom is 0.348 e. The Kier molecular flexibility index (Phi) is 6.03. The lowest BCUT2D eigenvalue weighted by Crippen LogP contribution is -2.33. The molecule has 3 aromatic heterocycles. The molecule has 0 atom stereocenters. The topological polar surface area (TPSA) is 78.9 Å². The van der Waals surface area contributed by atoms with Gasteiger partial charge >= 0.3 is 5.97 Å². The van der Waals surface area contributed by atoms with Crippen LogP contribution in [0.2, 0.25) is 0 Å². The molecule has 0 bridgehead atoms. The van der Waals surface area contributed by atoms with Gasteiger partial charge in [0.25, 0.3) is 0 Å². The zero-order valence-electron chi connectivity index (χ0n) is 18.0. The molecule has 4 heterocycles. The van der Waals surface area contributed by atoms with E-state index >= 15 is 0 Å². The van der Waals surface area contributed by atoms with Crippen LogP contribution in [0.5, 0.6) is 0 Å². The number of piperidine rings is 1. The van der Waals surface area contributed by atoms with Crippen LogP contribution >= 0.6 is 27.3 Å². The van der Waals surface area contributed by atoms with Crippen LogP contribution in [0.1, 0.15) is 35.9 Å². The zero-order chi connectivity index (χ0) is 22.9. The number of hydrogen-bond donors (Lipinski definition) is 1. The molecule has 1 aliphatic heterocycles. The molecule has 0 amide bonds. The lowest BCUT2D eigenvalue weighted by atomic mass is 10.0. The third kappa shape index (κ3) is 4.32. The lowest BCUT2D eigenvalue weighted by Gasteiger charge is -2.28. The van der Waals surface area contributed by atoms with Gasteiger partial charge in [-0.3, -0.25) is 0 Å². The molecule has 0 aliphatic carbocycles. The van der Waals surface area contributed by atoms with Crippen molar-refractivity contribution in [2.45, 2.75) is 26.2 Å². The third-order valence-electron chi connectivity index (χ3n) is 5.85. The van der Waals surface area contributed by atoms with Crippen LogP contribution in [-0.4, -0.2) is 39.9 Å². The number of halogens is 1. The molecule has 0 spiro atoms. The monoisotopic (exact) mass is 523 g/mol. The largest absolute Gasteiger partial charge is 0.477 e. The van der Waals surface area contributed by atoms with Gasteiger partial charge in [0.05, 0.1) is 6.26 Å². The van der Waals surface area contributed by atoms with Gasteiger partial charge in [-0.1, -0.05) is 28.1 Å². The fraction of sp³-hybridized carbons (Fsp3) is 0.240. The number of aromatic carboxylic acids is 1. The van der Waals surface area contributed by atoms with Crippen LogP contribution in [0.25, 0.3) is 32.8 Å². The first kappa shape index (κ1) is 21.9. The number of nitrogens with zero attached hydrogens (tertiary/aromatic N) is 3. The van der Waals surface area contributed by atoms with Crippen molar-refractivity contribution in [3.8, 4) is 22.6 Å². The maximum absolute atomic E-state index is 12.2. The number of benzene rings is 1. The van der Waals surface area contributed by atoms with Gasteiger partial charge in [-0.05, 0) is 67.6 Å². The number of carboxylic acid groups (broad SMARTS) is 1. The molecule has 1 fully saturated rings. The van der Waals surface area contributed by atoms with Gasteiger partial charge in [-0.25, -0.2) is 14.8 Å². The number of fused-ring (bicyclic) bond motifs is 1. The molecule has 4 aromatic rings. The molecule has 33 heavy (non-hydrogen) atoms. The first-order chi connectivity index (χ1) is 16.0. The number of pyridine rings is 1. The van der Waals surface area contributed by atoms with Crippen LogP contribution in [0.3, 0.4) is 0 Å². The maximum atomic E-state index is 12.2. The highest BCUT2D eigenvalue weighted by Gasteiger charge is 2.24. The standard InChI is InChI=1S/C25H22BrN3O3S/c1-15(29-11-3-2-4-12-29)27-22-21-18(16-7-9-17(26)10-8-16)14-19(20-6-5-13-32-20)28-24(21)33-23(22)25(30)31/h5-10,13-14H,2-4,11-12H2,1H3,(H,30,31). The minimum Gasteiger partial charge on any atom is -0.477 e. The van der Waals surface area contributed by atoms with Gasteiger partial charge < -0.3 is 14.4 Å². The van der Waals surface area contributed by atoms with Gasteiger partial charge in [0.1, 0.15) is 26.9 Å². The minimum absolute atomic E-state index is 0.198. The van der Waals surface area contributed by atoms with E-state index in [2.05, 4.69) is 20.8 Å². The average molecular weight is 524 g/mol. The smallest absolute Gasteiger partial charge is 0.348 e. The minimum atomic E-state index is -0.996. The number of carboxylic acids is 1. The van der Waals surface area contributed by atoms with Gasteiger partial charge in [0.2, 0.25) is 0 Å². The van der Waals surface area contributed by atoms with Crippen LogP contribution in [-0.2, 0) is 0 Å². The van der Waals surface area contributed by atoms with E-state index in [1.54, 1.807) is 6.26 Å². The summed E-state index contributed by atoms with van der Waals surface area (Å²) in [5, 5.41) is 10.8. The molecule has 168 valence electrons. The average Bonchev–Trinajstić information content (AvgIpc) is 3.48. The Labute approximate surface area is 203 Å². The highest BCUT2D eigenvalue weighted by atomic mass is 79.9. The van der Waals surface area contributed by atoms with Crippen molar-refractivity contribution in [1.82, 2.24) is 9.88 Å². The van der Waals surface area contributed by atoms with E-state index in [9.17, 15) is 9.90 Å². The number of aromatic nitrogens is 1. The van der Waals surface area contributed by atoms with E-state index < -0.39 is 5.97 Å². The second-order valence-electron chi connectivity index (χ2n) is 8.01. The van der Waals surface area contributed by atoms with Crippen molar-refractivity contribution >= 4 is 55.0 Å². The number of likely N-dealkylation sites (tertiary alicyclic amines) is 1. The first-order valence-electron chi connectivity index (χ1n) is 10.8. The predicted molar refractivity (Wildman–Crippen MR) is 136 cm³/mol. The summed E-state index contributed by atoms with van der Waals surface area (Å²) in [5.41, 5.74) is 2.97. The molecule has 6 nitrogen and oxygen atoms in total. The molecule has 1 saturated heterocycles. The van der Waals surface area contributed by atoms with E-state index in [0.29, 0.717) is 22.0 Å². The van der Waals surface area contributed by atoms with Gasteiger partial charge in [0.15, 0.2) is 5.76 Å². The summed E-state index contributed by atoms with van der Waals surface area (Å²) in [6.45, 7) is 3.85. The highest BCUT2D eigenvalue weighted by Crippen LogP contribution is 2.44. The molecular formula is C25H22BrN3O3S. The van der Waals surface area contributed by atoms with Crippen molar-refractivity contribution < 1.29 is 14.3 Å². The fourth-order valence-corrected chi connectivity index (χ4v) is 5.43. The summed E-state index contributed by atoms with van der Waals surface area (Å²) in [5.74, 6) is 0.480. The molecule has 1 aromatic carbocycles. The summed E-state index contributed by atoms with van der Waals surface area (Å²) in [6, 6.07) is 13.6. The van der Waals surface area contributed by atoms with Crippen molar-refractivity contribution in [3.63, 3.8) is 0 Å². The number of hydrogen-bond acceptors (Lipinski definition) is 5. The number of rotatable bonds is 4. The molecular weight excluding hydrogens is 502 g/mol. The molecule has 0 unspecified atom stereocenters. The zero-order valence-corrected chi connectivity index (χ0v) is 20.4. The Bertz CT molecular complexity index is 1340. The molecule has 8 heteroatoms. The second kappa shape index (κ2) is 9.11. The first-order valence-corrected chi connectivity index (χ1v) is 12.4. The van der Waals surface area contributed by atoms with Crippen LogP contribution in [0.4, 0.5) is 5.69 Å². The summed E-state index contributed by atoms with van der Waals surface area (Å²) >= 11 is 4.65. The molecule has 1 aliphatic rings. The summed E-state index contributed by atoms with van der Waals surface area (Å²) < 4.78 is 6.56. The fourth-order valence-electron chi connectivity index (χ4n) is 4.19. The van der Waals surface area contributed by atoms with E-state index in [1.807, 2.05) is 49.4 Å². The van der Waals surface area contributed by atoms with E-state index in [0.717, 1.165) is 64.1 Å². The second-order valence-corrected chi connectivity index (χ2v) is 9.93. The summed E-state index contributed by atoms with van der Waals surface area (Å²) in [6.07, 6.45) is 5.08. The highest BCUT2D eigenvalue weighted by molar-refractivity contribution is 9.10. The SMILES string of the molecule is CC(=Nc1c(C(=O)O)sc2nc(-c3ccco3)cc(-c3ccc(Br)cc3)c12)N1CCCCC1. The van der Waals surface area contributed by atoms with Gasteiger partial charge in [-0.2, -0.15) is 0 Å². The number of aliphatic imine (C=N–C) groups is 1. The van der Waals surface area contributed by atoms with E-state index in [-0.39, 0.29) is 4.88 Å². The van der Waals surface area contributed by atoms with Crippen LogP contribution in [0, 0.1) is 0 Å². The number of carbonyl (C=O) groups is 1. The Morgan fingerprint density at radius 1 is 1.18 bits per heavy atom. The van der Waals surface area contributed by atoms with E-state index in [4.69, 9.17) is 14.4 Å². The van der Waals surface area contributed by atoms with Crippen molar-refractivity contribution in [3.05, 3.63) is 58.1 Å². The predicted octanol–water partition coefficient (Wildman–Crippen LogP) is 7.22. The Hall–Kier alpha value is -2.97. The Morgan fingerprint density at radius 2 is 1.94 bits per heavy atom. The van der Waals surface area contributed by atoms with Gasteiger partial charge in [-0.15, -0.1) is 11.3 Å². The van der Waals surface area contributed by atoms with Crippen molar-refractivity contribution in [2.24, 2.45) is 4.99 Å². The number of thiophene rings is 1. The van der Waals surface area contributed by atoms with Crippen LogP contribution in [0.15, 0.2) is 62.6 Å². The van der Waals surface area contributed by atoms with Gasteiger partial charge in [0, 0.05) is 22.9 Å². The Morgan fingerprint density at radius 3 is 2.61 bits per heavy atom. The molecule has 5 rings (SSSR count). The summed E-state index contributed by atoms with van der Waals surface area (Å²) in [4.78, 5) is 25.0. The Balaban J connectivity index is 1.77. The van der Waals surface area contributed by atoms with E-state index in [1.165, 1.54) is 6.42 Å². The number of furan rings is 1. The normalized spacial score (nSPS) is 14.7. The molecule has 1 N–H and O–H groups in total. The van der Waals surface area contributed by atoms with Crippen LogP contribution < -0.4 is 0 Å². The molecule has 0 radical (unpaired) electrons. The summed E-state index contributed by atoms with van der Waals surface area (Å²) in [7, 11) is 0. The molecule has 0 saturated carbocycles. The quantitative estimate of drug-likeness (QED) is 0.225. The number of amidine groups is 1. The van der Waals surface area contributed by atoms with Crippen molar-refractivity contribution in [2.75, 3.05) is 13.1 Å². The lowest BCUT2D eigenvalue weighted by molar-refractivity contribution is 0.0703. The third-order valence-corrected chi connectivity index (χ3v) is 7.44.